The number of hydrogen-bond donors (Lipinski definition) is 2. The van der Waals surface area contributed by atoms with Crippen molar-refractivity contribution in [1.29, 1.82) is 0 Å². The van der Waals surface area contributed by atoms with Crippen molar-refractivity contribution in [2.75, 3.05) is 33.3 Å². The van der Waals surface area contributed by atoms with Crippen LogP contribution in [0.4, 0.5) is 0 Å². The van der Waals surface area contributed by atoms with E-state index >= 15 is 0 Å². The molecule has 164 valence electrons. The molecule has 0 heterocycles. The van der Waals surface area contributed by atoms with Crippen LogP contribution in [0.2, 0.25) is 0 Å². The lowest BCUT2D eigenvalue weighted by molar-refractivity contribution is -0.888. The summed E-state index contributed by atoms with van der Waals surface area (Å²) in [6.45, 7) is 3.85. The molecule has 0 atom stereocenters. The second-order valence-corrected chi connectivity index (χ2v) is 10.9. The van der Waals surface area contributed by atoms with Gasteiger partial charge in [-0.15, -0.1) is 0 Å². The Morgan fingerprint density at radius 3 is 1.26 bits per heavy atom. The van der Waals surface area contributed by atoms with Crippen molar-refractivity contribution in [3.8, 4) is 0 Å². The van der Waals surface area contributed by atoms with E-state index in [0.717, 1.165) is 13.0 Å². The van der Waals surface area contributed by atoms with Gasteiger partial charge in [0.2, 0.25) is 0 Å². The first-order valence-corrected chi connectivity index (χ1v) is 13.4. The van der Waals surface area contributed by atoms with Gasteiger partial charge < -0.3 is 14.3 Å². The molecule has 0 rings (SSSR count). The van der Waals surface area contributed by atoms with Gasteiger partial charge in [-0.25, -0.2) is 0 Å². The molecule has 0 aromatic heterocycles. The lowest BCUT2D eigenvalue weighted by atomic mass is 10.0. The van der Waals surface area contributed by atoms with Crippen molar-refractivity contribution in [2.24, 2.45) is 0 Å². The monoisotopic (exact) mass is 406 g/mol. The third-order valence-corrected chi connectivity index (χ3v) is 6.40. The molecule has 0 saturated carbocycles. The number of rotatable bonds is 20. The Balaban J connectivity index is 3.28. The zero-order chi connectivity index (χ0) is 20.4. The van der Waals surface area contributed by atoms with Gasteiger partial charge >= 0.3 is 7.60 Å². The topological polar surface area (TPSA) is 57.5 Å². The summed E-state index contributed by atoms with van der Waals surface area (Å²) in [5.41, 5.74) is 0. The van der Waals surface area contributed by atoms with Crippen LogP contribution in [0.1, 0.15) is 110 Å². The molecule has 2 N–H and O–H groups in total. The van der Waals surface area contributed by atoms with Crippen molar-refractivity contribution in [2.45, 2.75) is 110 Å². The third-order valence-electron chi connectivity index (χ3n) is 5.61. The normalized spacial score (nSPS) is 12.6. The molecule has 0 aliphatic carbocycles. The molecule has 0 saturated heterocycles. The first kappa shape index (κ1) is 27.1. The van der Waals surface area contributed by atoms with E-state index in [1.54, 1.807) is 0 Å². The van der Waals surface area contributed by atoms with Crippen LogP contribution in [0, 0.1) is 0 Å². The quantitative estimate of drug-likeness (QED) is 0.138. The second kappa shape index (κ2) is 17.0. The summed E-state index contributed by atoms with van der Waals surface area (Å²) in [5.74, 6) is 0. The molecule has 0 amide bonds. The van der Waals surface area contributed by atoms with Gasteiger partial charge in [-0.3, -0.25) is 4.57 Å². The zero-order valence-electron chi connectivity index (χ0n) is 18.6. The minimum absolute atomic E-state index is 0.00113. The Morgan fingerprint density at radius 1 is 0.593 bits per heavy atom. The molecule has 4 nitrogen and oxygen atoms in total. The van der Waals surface area contributed by atoms with Crippen molar-refractivity contribution < 1.29 is 18.8 Å². The molecule has 0 aliphatic heterocycles. The van der Waals surface area contributed by atoms with E-state index in [0.29, 0.717) is 11.0 Å². The average Bonchev–Trinajstić information content (AvgIpc) is 2.59. The fourth-order valence-corrected chi connectivity index (χ4v) is 4.40. The van der Waals surface area contributed by atoms with Crippen molar-refractivity contribution in [1.82, 2.24) is 0 Å². The summed E-state index contributed by atoms with van der Waals surface area (Å²) in [4.78, 5) is 18.0. The van der Waals surface area contributed by atoms with Gasteiger partial charge in [0.25, 0.3) is 0 Å². The van der Waals surface area contributed by atoms with Gasteiger partial charge in [-0.05, 0) is 12.8 Å². The highest BCUT2D eigenvalue weighted by molar-refractivity contribution is 7.51. The molecule has 0 bridgehead atoms. The molecule has 0 unspecified atom stereocenters. The number of quaternary nitrogens is 1. The molecule has 0 fully saturated rings. The summed E-state index contributed by atoms with van der Waals surface area (Å²) in [6.07, 6.45) is 22.0. The molecule has 5 heteroatoms. The van der Waals surface area contributed by atoms with E-state index in [-0.39, 0.29) is 6.16 Å². The summed E-state index contributed by atoms with van der Waals surface area (Å²) in [6, 6.07) is 0. The van der Waals surface area contributed by atoms with Crippen LogP contribution < -0.4 is 0 Å². The predicted octanol–water partition coefficient (Wildman–Crippen LogP) is 6.50. The fraction of sp³-hybridized carbons (Fsp3) is 1.00. The minimum Gasteiger partial charge on any atom is -0.328 e. The molecule has 27 heavy (non-hydrogen) atoms. The van der Waals surface area contributed by atoms with E-state index < -0.39 is 7.60 Å². The van der Waals surface area contributed by atoms with E-state index in [1.807, 2.05) is 0 Å². The first-order chi connectivity index (χ1) is 12.8. The molecule has 0 aromatic rings. The largest absolute Gasteiger partial charge is 0.331 e. The summed E-state index contributed by atoms with van der Waals surface area (Å²) >= 11 is 0. The number of hydrogen-bond acceptors (Lipinski definition) is 1. The summed E-state index contributed by atoms with van der Waals surface area (Å²) < 4.78 is 11.7. The van der Waals surface area contributed by atoms with Crippen LogP contribution in [0.25, 0.3) is 0 Å². The fourth-order valence-electron chi connectivity index (χ4n) is 3.60. The zero-order valence-corrected chi connectivity index (χ0v) is 19.5. The predicted molar refractivity (Wildman–Crippen MR) is 118 cm³/mol. The molecule has 0 aliphatic rings. The van der Waals surface area contributed by atoms with Gasteiger partial charge in [0.05, 0.1) is 33.3 Å². The van der Waals surface area contributed by atoms with Gasteiger partial charge in [0.1, 0.15) is 0 Å². The second-order valence-electron chi connectivity index (χ2n) is 9.07. The van der Waals surface area contributed by atoms with Gasteiger partial charge in [-0.2, -0.15) is 0 Å². The minimum atomic E-state index is -3.85. The van der Waals surface area contributed by atoms with Gasteiger partial charge in [0, 0.05) is 0 Å². The number of nitrogens with zero attached hydrogens (tertiary/aromatic N) is 1. The highest BCUT2D eigenvalue weighted by Gasteiger charge is 2.21. The molecule has 0 aromatic carbocycles. The van der Waals surface area contributed by atoms with Crippen LogP contribution in [-0.2, 0) is 4.57 Å². The lowest BCUT2D eigenvalue weighted by Crippen LogP contribution is -2.42. The van der Waals surface area contributed by atoms with Crippen LogP contribution in [-0.4, -0.2) is 47.6 Å². The van der Waals surface area contributed by atoms with Crippen molar-refractivity contribution in [3.63, 3.8) is 0 Å². The van der Waals surface area contributed by atoms with Crippen LogP contribution >= 0.6 is 7.60 Å². The van der Waals surface area contributed by atoms with Gasteiger partial charge in [0.15, 0.2) is 0 Å². The van der Waals surface area contributed by atoms with Gasteiger partial charge in [-0.1, -0.05) is 96.8 Å². The maximum absolute atomic E-state index is 11.0. The first-order valence-electron chi connectivity index (χ1n) is 11.6. The maximum Gasteiger partial charge on any atom is 0.331 e. The Hall–Kier alpha value is 0.110. The smallest absolute Gasteiger partial charge is 0.328 e. The van der Waals surface area contributed by atoms with Crippen LogP contribution in [0.3, 0.4) is 0 Å². The third kappa shape index (κ3) is 22.3. The van der Waals surface area contributed by atoms with E-state index in [2.05, 4.69) is 21.0 Å². The van der Waals surface area contributed by atoms with E-state index in [9.17, 15) is 4.57 Å². The number of unbranched alkanes of at least 4 members (excludes halogenated alkanes) is 15. The van der Waals surface area contributed by atoms with E-state index in [4.69, 9.17) is 9.79 Å². The maximum atomic E-state index is 11.0. The molecule has 0 radical (unpaired) electrons. The Morgan fingerprint density at radius 2 is 0.926 bits per heavy atom. The van der Waals surface area contributed by atoms with Crippen LogP contribution in [0.5, 0.6) is 0 Å². The van der Waals surface area contributed by atoms with Crippen molar-refractivity contribution >= 4 is 7.60 Å². The highest BCUT2D eigenvalue weighted by atomic mass is 31.2. The summed E-state index contributed by atoms with van der Waals surface area (Å²) in [7, 11) is 0.287. The lowest BCUT2D eigenvalue weighted by Gasteiger charge is -2.29. The average molecular weight is 407 g/mol. The molecular formula is C22H49NO3P+. The Kier molecular flexibility index (Phi) is 17.1. The Bertz CT molecular complexity index is 369. The van der Waals surface area contributed by atoms with Crippen molar-refractivity contribution in [3.05, 3.63) is 0 Å². The summed E-state index contributed by atoms with van der Waals surface area (Å²) in [5, 5.41) is 0. The molecular weight excluding hydrogens is 357 g/mol. The SMILES string of the molecule is CCCCCCCCCCCCCCCCCC[N+](C)(C)CCP(=O)(O)O. The van der Waals surface area contributed by atoms with E-state index in [1.165, 1.54) is 96.3 Å². The Labute approximate surface area is 169 Å². The molecule has 0 spiro atoms. The standard InChI is InChI=1S/C22H48NO3P/c1-4-5-6-7-8-9-10-11-12-13-14-15-16-17-18-19-20-23(2,3)21-22-27(24,25)26/h4-22H2,1-3H3,(H-,24,25,26)/p+1. The highest BCUT2D eigenvalue weighted by Crippen LogP contribution is 2.34. The van der Waals surface area contributed by atoms with Crippen LogP contribution in [0.15, 0.2) is 0 Å².